The number of aliphatic hydroxyl groups excluding tert-OH is 1. The number of aryl methyl sites for hydroxylation is 1. The van der Waals surface area contributed by atoms with E-state index >= 15 is 0 Å². The van der Waals surface area contributed by atoms with Gasteiger partial charge in [0.2, 0.25) is 10.0 Å². The van der Waals surface area contributed by atoms with E-state index in [4.69, 9.17) is 14.8 Å². The summed E-state index contributed by atoms with van der Waals surface area (Å²) in [7, 11) is -2.27. The lowest BCUT2D eigenvalue weighted by Crippen LogP contribution is -2.49. The number of aliphatic hydroxyl groups is 1. The van der Waals surface area contributed by atoms with Gasteiger partial charge in [-0.1, -0.05) is 19.3 Å². The third kappa shape index (κ3) is 4.90. The highest BCUT2D eigenvalue weighted by atomic mass is 32.2. The van der Waals surface area contributed by atoms with Crippen molar-refractivity contribution in [3.63, 3.8) is 0 Å². The maximum atomic E-state index is 13.3. The maximum absolute atomic E-state index is 13.3. The van der Waals surface area contributed by atoms with Crippen LogP contribution < -0.4 is 10.3 Å². The average molecular weight is 531 g/mol. The molecule has 2 N–H and O–H groups in total. The van der Waals surface area contributed by atoms with Crippen LogP contribution >= 0.6 is 0 Å². The summed E-state index contributed by atoms with van der Waals surface area (Å²) in [5.41, 5.74) is 1.94. The zero-order valence-electron chi connectivity index (χ0n) is 21.3. The molecule has 0 amide bonds. The number of H-pyrrole nitrogens is 1. The molecule has 0 spiro atoms. The van der Waals surface area contributed by atoms with Crippen LogP contribution in [0.1, 0.15) is 43.8 Å². The van der Waals surface area contributed by atoms with Crippen LogP contribution in [-0.2, 0) is 10.0 Å². The van der Waals surface area contributed by atoms with Crippen molar-refractivity contribution in [2.45, 2.75) is 50.0 Å². The number of nitrogens with zero attached hydrogens (tertiary/aromatic N) is 5. The predicted octanol–water partition coefficient (Wildman–Crippen LogP) is 1.91. The molecule has 2 aliphatic rings. The third-order valence-electron chi connectivity index (χ3n) is 7.46. The lowest BCUT2D eigenvalue weighted by atomic mass is 9.95. The van der Waals surface area contributed by atoms with Gasteiger partial charge in [0, 0.05) is 38.8 Å². The number of β-amino-alcohol motifs (C(OH)–C–C–N with tert-alkyl or cyclic N) is 1. The van der Waals surface area contributed by atoms with Gasteiger partial charge in [0.1, 0.15) is 17.1 Å². The standard InChI is InChI=1S/C25H34N6O5S/c1-17-22-23(31(28-17)18-6-4-3-5-7-18)25(33)27-24(26-22)20-9-8-19(16-21(20)36-2)37(34,35)30-12-10-29(11-13-30)14-15-32/h8-9,16,18,32H,3-7,10-15H2,1-2H3,(H,26,27,33). The predicted molar refractivity (Wildman–Crippen MR) is 139 cm³/mol. The Hall–Kier alpha value is -2.80. The summed E-state index contributed by atoms with van der Waals surface area (Å²) in [6.45, 7) is 4.26. The zero-order valence-corrected chi connectivity index (χ0v) is 22.1. The Kier molecular flexibility index (Phi) is 7.35. The lowest BCUT2D eigenvalue weighted by Gasteiger charge is -2.33. The number of benzene rings is 1. The van der Waals surface area contributed by atoms with Gasteiger partial charge >= 0.3 is 0 Å². The second kappa shape index (κ2) is 10.5. The lowest BCUT2D eigenvalue weighted by molar-refractivity contribution is 0.151. The summed E-state index contributed by atoms with van der Waals surface area (Å²) in [4.78, 5) is 23.0. The zero-order chi connectivity index (χ0) is 26.2. The fraction of sp³-hybridized carbons (Fsp3) is 0.560. The van der Waals surface area contributed by atoms with E-state index < -0.39 is 10.0 Å². The molecule has 1 saturated carbocycles. The minimum absolute atomic E-state index is 0.0498. The summed E-state index contributed by atoms with van der Waals surface area (Å²) in [5.74, 6) is 0.613. The largest absolute Gasteiger partial charge is 0.496 e. The quantitative estimate of drug-likeness (QED) is 0.473. The Labute approximate surface area is 216 Å². The molecule has 1 aliphatic heterocycles. The fourth-order valence-electron chi connectivity index (χ4n) is 5.42. The molecule has 37 heavy (non-hydrogen) atoms. The number of ether oxygens (including phenoxy) is 1. The number of nitrogens with one attached hydrogen (secondary N) is 1. The Morgan fingerprint density at radius 1 is 1.14 bits per heavy atom. The Bertz CT molecular complexity index is 1440. The van der Waals surface area contributed by atoms with E-state index in [-0.39, 0.29) is 23.1 Å². The fourth-order valence-corrected chi connectivity index (χ4v) is 6.86. The van der Waals surface area contributed by atoms with Gasteiger partial charge in [-0.2, -0.15) is 9.40 Å². The second-order valence-corrected chi connectivity index (χ2v) is 11.7. The van der Waals surface area contributed by atoms with E-state index in [9.17, 15) is 13.2 Å². The van der Waals surface area contributed by atoms with E-state index in [1.807, 2.05) is 16.5 Å². The van der Waals surface area contributed by atoms with Crippen molar-refractivity contribution in [1.29, 1.82) is 0 Å². The number of aromatic amines is 1. The van der Waals surface area contributed by atoms with Crippen LogP contribution in [0.15, 0.2) is 27.9 Å². The number of piperazine rings is 1. The van der Waals surface area contributed by atoms with E-state index in [0.29, 0.717) is 66.6 Å². The molecule has 2 aromatic heterocycles. The average Bonchev–Trinajstić information content (AvgIpc) is 3.26. The smallest absolute Gasteiger partial charge is 0.277 e. The van der Waals surface area contributed by atoms with E-state index in [1.165, 1.54) is 30.0 Å². The minimum Gasteiger partial charge on any atom is -0.496 e. The highest BCUT2D eigenvalue weighted by molar-refractivity contribution is 7.89. The van der Waals surface area contributed by atoms with Crippen LogP contribution in [0.2, 0.25) is 0 Å². The van der Waals surface area contributed by atoms with Crippen molar-refractivity contribution in [1.82, 2.24) is 29.0 Å². The van der Waals surface area contributed by atoms with Gasteiger partial charge in [-0.05, 0) is 31.9 Å². The molecule has 0 unspecified atom stereocenters. The number of hydrogen-bond donors (Lipinski definition) is 2. The molecule has 200 valence electrons. The molecule has 3 heterocycles. The highest BCUT2D eigenvalue weighted by Crippen LogP contribution is 2.33. The Morgan fingerprint density at radius 3 is 2.54 bits per heavy atom. The van der Waals surface area contributed by atoms with Crippen molar-refractivity contribution in [3.05, 3.63) is 34.2 Å². The van der Waals surface area contributed by atoms with Crippen molar-refractivity contribution >= 4 is 21.1 Å². The number of methoxy groups -OCH3 is 1. The Balaban J connectivity index is 1.47. The summed E-state index contributed by atoms with van der Waals surface area (Å²) < 4.78 is 35.5. The van der Waals surface area contributed by atoms with Crippen LogP contribution in [0.25, 0.3) is 22.4 Å². The van der Waals surface area contributed by atoms with Crippen LogP contribution in [0, 0.1) is 6.92 Å². The summed E-state index contributed by atoms with van der Waals surface area (Å²) in [6.07, 6.45) is 5.45. The van der Waals surface area contributed by atoms with Gasteiger partial charge in [-0.3, -0.25) is 14.4 Å². The second-order valence-electron chi connectivity index (χ2n) is 9.76. The van der Waals surface area contributed by atoms with Gasteiger partial charge in [0.25, 0.3) is 5.56 Å². The molecule has 1 aliphatic carbocycles. The number of sulfonamides is 1. The van der Waals surface area contributed by atoms with Crippen molar-refractivity contribution < 1.29 is 18.3 Å². The molecule has 0 radical (unpaired) electrons. The molecule has 12 heteroatoms. The maximum Gasteiger partial charge on any atom is 0.277 e. The van der Waals surface area contributed by atoms with Crippen molar-refractivity contribution in [3.8, 4) is 17.1 Å². The molecule has 1 saturated heterocycles. The van der Waals surface area contributed by atoms with Gasteiger partial charge in [0.15, 0.2) is 5.52 Å². The van der Waals surface area contributed by atoms with Crippen LogP contribution in [-0.4, -0.2) is 88.9 Å². The molecular weight excluding hydrogens is 496 g/mol. The number of rotatable bonds is 7. The first kappa shape index (κ1) is 25.8. The molecule has 2 fully saturated rings. The highest BCUT2D eigenvalue weighted by Gasteiger charge is 2.30. The van der Waals surface area contributed by atoms with Crippen LogP contribution in [0.3, 0.4) is 0 Å². The number of hydrogen-bond acceptors (Lipinski definition) is 8. The van der Waals surface area contributed by atoms with Crippen molar-refractivity contribution in [2.24, 2.45) is 0 Å². The first-order chi connectivity index (χ1) is 17.8. The summed E-state index contributed by atoms with van der Waals surface area (Å²) in [6, 6.07) is 4.82. The third-order valence-corrected chi connectivity index (χ3v) is 9.35. The van der Waals surface area contributed by atoms with Crippen LogP contribution in [0.5, 0.6) is 5.75 Å². The van der Waals surface area contributed by atoms with E-state index in [2.05, 4.69) is 10.1 Å². The minimum atomic E-state index is -3.73. The number of aromatic nitrogens is 4. The van der Waals surface area contributed by atoms with Crippen molar-refractivity contribution in [2.75, 3.05) is 46.4 Å². The number of fused-ring (bicyclic) bond motifs is 1. The monoisotopic (exact) mass is 530 g/mol. The SMILES string of the molecule is COc1cc(S(=O)(=O)N2CCN(CCO)CC2)ccc1-c1nc2c(C)nn(C3CCCCC3)c2c(=O)[nH]1. The summed E-state index contributed by atoms with van der Waals surface area (Å²) in [5, 5.41) is 13.8. The molecule has 0 bridgehead atoms. The summed E-state index contributed by atoms with van der Waals surface area (Å²) >= 11 is 0. The molecule has 3 aromatic rings. The molecule has 1 aromatic carbocycles. The normalized spacial score (nSPS) is 18.5. The molecule has 5 rings (SSSR count). The van der Waals surface area contributed by atoms with Gasteiger partial charge in [-0.15, -0.1) is 0 Å². The molecular formula is C25H34N6O5S. The molecule has 11 nitrogen and oxygen atoms in total. The molecule has 0 atom stereocenters. The van der Waals surface area contributed by atoms with Gasteiger partial charge in [-0.25, -0.2) is 13.4 Å². The van der Waals surface area contributed by atoms with Gasteiger partial charge in [0.05, 0.1) is 35.9 Å². The Morgan fingerprint density at radius 2 is 1.86 bits per heavy atom. The first-order valence-corrected chi connectivity index (χ1v) is 14.3. The van der Waals surface area contributed by atoms with Crippen LogP contribution in [0.4, 0.5) is 0 Å². The topological polar surface area (TPSA) is 134 Å². The van der Waals surface area contributed by atoms with E-state index in [1.54, 1.807) is 6.07 Å². The first-order valence-electron chi connectivity index (χ1n) is 12.8. The van der Waals surface area contributed by atoms with E-state index in [0.717, 1.165) is 25.7 Å². The van der Waals surface area contributed by atoms with Gasteiger partial charge < -0.3 is 14.8 Å².